The first-order valence-electron chi connectivity index (χ1n) is 5.88. The molecule has 98 valence electrons. The molecule has 0 saturated heterocycles. The first-order chi connectivity index (χ1) is 8.60. The maximum absolute atomic E-state index is 9.97. The molecular formula is C12H18N4O2. The molecule has 1 atom stereocenters. The number of rotatable bonds is 3. The summed E-state index contributed by atoms with van der Waals surface area (Å²) in [6.45, 7) is 4.11. The average molecular weight is 250 g/mol. The van der Waals surface area contributed by atoms with E-state index >= 15 is 0 Å². The van der Waals surface area contributed by atoms with Crippen LogP contribution in [0.2, 0.25) is 0 Å². The molecule has 0 fully saturated rings. The molecule has 0 radical (unpaired) electrons. The standard InChI is InChI=1S/C12H18N4O2/c1-5-9-8(2)6-7-10(11(9)18-4)16-12(17)15(3)13-14-16/h6-7,12,17H,5H2,1-4H3. The Bertz CT molecular complexity index is 475. The maximum Gasteiger partial charge on any atom is 0.245 e. The zero-order valence-electron chi connectivity index (χ0n) is 11.1. The number of methoxy groups -OCH3 is 1. The van der Waals surface area contributed by atoms with Crippen molar-refractivity contribution in [1.82, 2.24) is 5.01 Å². The molecule has 1 heterocycles. The molecule has 0 aliphatic carbocycles. The van der Waals surface area contributed by atoms with Crippen molar-refractivity contribution in [3.63, 3.8) is 0 Å². The number of aliphatic hydroxyl groups is 1. The Hall–Kier alpha value is -1.82. The summed E-state index contributed by atoms with van der Waals surface area (Å²) in [5, 5.41) is 20.5. The van der Waals surface area contributed by atoms with Crippen LogP contribution in [0.4, 0.5) is 5.69 Å². The van der Waals surface area contributed by atoms with Gasteiger partial charge in [-0.3, -0.25) is 0 Å². The summed E-state index contributed by atoms with van der Waals surface area (Å²) in [5.74, 6) is 0.741. The van der Waals surface area contributed by atoms with Crippen LogP contribution in [0.1, 0.15) is 18.1 Å². The van der Waals surface area contributed by atoms with Gasteiger partial charge in [0.2, 0.25) is 6.35 Å². The van der Waals surface area contributed by atoms with E-state index < -0.39 is 6.35 Å². The van der Waals surface area contributed by atoms with Crippen LogP contribution in [0, 0.1) is 6.92 Å². The molecule has 1 aromatic rings. The molecule has 1 aliphatic rings. The van der Waals surface area contributed by atoms with E-state index in [0.29, 0.717) is 0 Å². The van der Waals surface area contributed by atoms with E-state index in [4.69, 9.17) is 4.74 Å². The minimum Gasteiger partial charge on any atom is -0.494 e. The normalized spacial score (nSPS) is 18.6. The average Bonchev–Trinajstić information content (AvgIpc) is 2.69. The smallest absolute Gasteiger partial charge is 0.245 e. The highest BCUT2D eigenvalue weighted by atomic mass is 16.5. The second-order valence-corrected chi connectivity index (χ2v) is 4.21. The van der Waals surface area contributed by atoms with E-state index in [1.165, 1.54) is 10.0 Å². The van der Waals surface area contributed by atoms with Crippen molar-refractivity contribution >= 4 is 5.69 Å². The SMILES string of the molecule is CCc1c(C)ccc(N2N=NN(C)C2O)c1OC. The van der Waals surface area contributed by atoms with E-state index in [1.54, 1.807) is 14.2 Å². The maximum atomic E-state index is 9.97. The number of benzene rings is 1. The topological polar surface area (TPSA) is 60.7 Å². The molecule has 0 bridgehead atoms. The zero-order valence-corrected chi connectivity index (χ0v) is 11.1. The van der Waals surface area contributed by atoms with Gasteiger partial charge in [-0.1, -0.05) is 13.0 Å². The summed E-state index contributed by atoms with van der Waals surface area (Å²) in [4.78, 5) is 0. The van der Waals surface area contributed by atoms with Gasteiger partial charge in [0.1, 0.15) is 11.4 Å². The summed E-state index contributed by atoms with van der Waals surface area (Å²) in [6.07, 6.45) is -0.0361. The van der Waals surface area contributed by atoms with Crippen LogP contribution in [0.25, 0.3) is 0 Å². The van der Waals surface area contributed by atoms with E-state index in [1.807, 2.05) is 19.1 Å². The zero-order chi connectivity index (χ0) is 13.3. The van der Waals surface area contributed by atoms with Gasteiger partial charge in [0.25, 0.3) is 0 Å². The third-order valence-electron chi connectivity index (χ3n) is 3.11. The van der Waals surface area contributed by atoms with Crippen LogP contribution >= 0.6 is 0 Å². The Kier molecular flexibility index (Phi) is 3.38. The van der Waals surface area contributed by atoms with Crippen LogP contribution in [0.3, 0.4) is 0 Å². The molecule has 0 spiro atoms. The van der Waals surface area contributed by atoms with Crippen LogP contribution in [0.15, 0.2) is 22.6 Å². The summed E-state index contributed by atoms with van der Waals surface area (Å²) in [6, 6.07) is 3.88. The molecule has 1 aromatic carbocycles. The minimum absolute atomic E-state index is 0.723. The van der Waals surface area contributed by atoms with Crippen molar-refractivity contribution in [2.75, 3.05) is 19.2 Å². The van der Waals surface area contributed by atoms with Gasteiger partial charge < -0.3 is 9.84 Å². The summed E-state index contributed by atoms with van der Waals surface area (Å²) < 4.78 is 5.47. The lowest BCUT2D eigenvalue weighted by atomic mass is 10.0. The van der Waals surface area contributed by atoms with E-state index in [-0.39, 0.29) is 0 Å². The Morgan fingerprint density at radius 3 is 2.61 bits per heavy atom. The number of anilines is 1. The van der Waals surface area contributed by atoms with Crippen molar-refractivity contribution in [2.24, 2.45) is 10.4 Å². The predicted octanol–water partition coefficient (Wildman–Crippen LogP) is 1.88. The van der Waals surface area contributed by atoms with Gasteiger partial charge in [0.15, 0.2) is 0 Å². The number of aryl methyl sites for hydroxylation is 1. The summed E-state index contributed by atoms with van der Waals surface area (Å²) >= 11 is 0. The molecule has 1 N–H and O–H groups in total. The molecule has 0 amide bonds. The third-order valence-corrected chi connectivity index (χ3v) is 3.11. The summed E-state index contributed by atoms with van der Waals surface area (Å²) in [7, 11) is 3.29. The fraction of sp³-hybridized carbons (Fsp3) is 0.500. The highest BCUT2D eigenvalue weighted by Gasteiger charge is 2.29. The van der Waals surface area contributed by atoms with Gasteiger partial charge in [-0.2, -0.15) is 5.01 Å². The first-order valence-corrected chi connectivity index (χ1v) is 5.88. The molecule has 0 aromatic heterocycles. The van der Waals surface area contributed by atoms with Crippen molar-refractivity contribution in [3.8, 4) is 5.75 Å². The fourth-order valence-corrected chi connectivity index (χ4v) is 2.09. The van der Waals surface area contributed by atoms with Gasteiger partial charge in [-0.25, -0.2) is 5.01 Å². The Morgan fingerprint density at radius 1 is 1.39 bits per heavy atom. The number of nitrogens with zero attached hydrogens (tertiary/aromatic N) is 4. The Labute approximate surface area is 106 Å². The highest BCUT2D eigenvalue weighted by molar-refractivity contribution is 5.63. The van der Waals surface area contributed by atoms with Crippen LogP contribution in [0.5, 0.6) is 5.75 Å². The largest absolute Gasteiger partial charge is 0.494 e. The fourth-order valence-electron chi connectivity index (χ4n) is 2.09. The van der Waals surface area contributed by atoms with E-state index in [0.717, 1.165) is 29.0 Å². The highest BCUT2D eigenvalue weighted by Crippen LogP contribution is 2.37. The predicted molar refractivity (Wildman–Crippen MR) is 68.2 cm³/mol. The molecular weight excluding hydrogens is 232 g/mol. The number of hydrogen-bond donors (Lipinski definition) is 1. The van der Waals surface area contributed by atoms with Crippen molar-refractivity contribution in [1.29, 1.82) is 0 Å². The number of ether oxygens (including phenoxy) is 1. The number of aliphatic hydroxyl groups excluding tert-OH is 1. The molecule has 2 rings (SSSR count). The van der Waals surface area contributed by atoms with Gasteiger partial charge in [-0.05, 0) is 41.0 Å². The van der Waals surface area contributed by atoms with Gasteiger partial charge in [0, 0.05) is 7.05 Å². The molecule has 1 aliphatic heterocycles. The third kappa shape index (κ3) is 1.88. The van der Waals surface area contributed by atoms with Crippen molar-refractivity contribution in [3.05, 3.63) is 23.3 Å². The summed E-state index contributed by atoms with van der Waals surface area (Å²) in [5.41, 5.74) is 3.00. The van der Waals surface area contributed by atoms with Gasteiger partial charge >= 0.3 is 0 Å². The first kappa shape index (κ1) is 12.6. The van der Waals surface area contributed by atoms with Crippen LogP contribution in [-0.4, -0.2) is 30.6 Å². The second kappa shape index (κ2) is 4.81. The molecule has 0 saturated carbocycles. The Balaban J connectivity index is 2.49. The lowest BCUT2D eigenvalue weighted by molar-refractivity contribution is 0.0455. The van der Waals surface area contributed by atoms with Gasteiger partial charge in [-0.15, -0.1) is 0 Å². The number of hydrogen-bond acceptors (Lipinski definition) is 6. The minimum atomic E-state index is -0.897. The quantitative estimate of drug-likeness (QED) is 0.889. The molecule has 6 nitrogen and oxygen atoms in total. The van der Waals surface area contributed by atoms with Crippen molar-refractivity contribution < 1.29 is 9.84 Å². The van der Waals surface area contributed by atoms with Gasteiger partial charge in [0.05, 0.1) is 7.11 Å². The van der Waals surface area contributed by atoms with Crippen molar-refractivity contribution in [2.45, 2.75) is 26.6 Å². The van der Waals surface area contributed by atoms with Crippen LogP contribution in [-0.2, 0) is 6.42 Å². The van der Waals surface area contributed by atoms with Crippen LogP contribution < -0.4 is 9.75 Å². The molecule has 1 unspecified atom stereocenters. The second-order valence-electron chi connectivity index (χ2n) is 4.21. The molecule has 6 heteroatoms. The lowest BCUT2D eigenvalue weighted by Crippen LogP contribution is -2.36. The Morgan fingerprint density at radius 2 is 2.11 bits per heavy atom. The molecule has 18 heavy (non-hydrogen) atoms. The lowest BCUT2D eigenvalue weighted by Gasteiger charge is -2.23. The van der Waals surface area contributed by atoms with E-state index in [2.05, 4.69) is 17.4 Å². The van der Waals surface area contributed by atoms with E-state index in [9.17, 15) is 5.11 Å². The monoisotopic (exact) mass is 250 g/mol.